The standard InChI is InChI=1S/C27H31ClN6O4.C20H25ClN6O2.C19H24ClN5O2/c1-19-25(28)26-30-24(32-34(26)31-19)6-5-17-36-22-11-7-20(8-12-22)29-27(35)38-18-37-23-13-9-21(10-14-23)33-15-3-2-4-16-33;1-14-19(21)20-23-17(25-27(20)24-14)9-10-22-18(28)13-29-16-7-5-15(6-8-16)26-11-3-2-4-12-26;1-10-6-7-15(11(2)8-10)27-14(5)19(26)21-9-12(3)17-22-18-16(20)13(4)23-25(18)24-17/h7-14,31H,2-6,15-18H2,1H3,(H,29,35);5-8,24H,2-4,9-13H2,1H3,(H,22,28);6-8,12,14,23H,9H2,1-5H3,(H,21,26). The molecule has 28 heteroatoms. The molecule has 8 heterocycles. The number of aromatic amines is 3. The lowest BCUT2D eigenvalue weighted by molar-refractivity contribution is -0.127. The maximum Gasteiger partial charge on any atom is 0.414 e. The van der Waals surface area contributed by atoms with Crippen molar-refractivity contribution in [3.05, 3.63) is 152 Å². The zero-order chi connectivity index (χ0) is 66.3. The molecule has 0 bridgehead atoms. The number of aromatic nitrogens is 12. The quantitative estimate of drug-likeness (QED) is 0.0256. The summed E-state index contributed by atoms with van der Waals surface area (Å²) in [6, 6.07) is 28.8. The van der Waals surface area contributed by atoms with Crippen molar-refractivity contribution in [2.75, 3.05) is 74.4 Å². The number of amides is 3. The first-order valence-electron chi connectivity index (χ1n) is 31.6. The molecule has 10 aromatic rings. The molecule has 0 aliphatic carbocycles. The third kappa shape index (κ3) is 18.1. The van der Waals surface area contributed by atoms with Gasteiger partial charge in [0.1, 0.15) is 38.1 Å². The minimum Gasteiger partial charge on any atom is -0.494 e. The van der Waals surface area contributed by atoms with Gasteiger partial charge in [0, 0.05) is 75.1 Å². The van der Waals surface area contributed by atoms with Crippen LogP contribution in [0.2, 0.25) is 15.1 Å². The van der Waals surface area contributed by atoms with Crippen LogP contribution in [0.15, 0.2) is 91.0 Å². The molecule has 498 valence electrons. The number of halogens is 3. The Morgan fingerprint density at radius 3 is 1.64 bits per heavy atom. The summed E-state index contributed by atoms with van der Waals surface area (Å²) >= 11 is 18.5. The zero-order valence-electron chi connectivity index (χ0n) is 53.9. The van der Waals surface area contributed by atoms with Crippen LogP contribution in [0.25, 0.3) is 16.9 Å². The number of nitrogens with zero attached hydrogens (tertiary/aromatic N) is 11. The number of fused-ring (bicyclic) bond motifs is 3. The summed E-state index contributed by atoms with van der Waals surface area (Å²) < 4.78 is 32.5. The molecule has 0 spiro atoms. The minimum atomic E-state index is -0.597. The number of hydrogen-bond acceptors (Lipinski definition) is 16. The lowest BCUT2D eigenvalue weighted by Crippen LogP contribution is -2.38. The van der Waals surface area contributed by atoms with E-state index in [2.05, 4.69) is 83.4 Å². The van der Waals surface area contributed by atoms with Crippen LogP contribution in [-0.4, -0.2) is 143 Å². The van der Waals surface area contributed by atoms with E-state index in [0.29, 0.717) is 111 Å². The van der Waals surface area contributed by atoms with Gasteiger partial charge in [0.15, 0.2) is 47.1 Å². The van der Waals surface area contributed by atoms with E-state index in [1.807, 2.05) is 96.1 Å². The molecule has 0 radical (unpaired) electrons. The minimum absolute atomic E-state index is 0.0223. The van der Waals surface area contributed by atoms with Crippen LogP contribution in [-0.2, 0) is 27.2 Å². The van der Waals surface area contributed by atoms with Crippen molar-refractivity contribution in [2.24, 2.45) is 0 Å². The Labute approximate surface area is 559 Å². The normalized spacial score (nSPS) is 13.8. The van der Waals surface area contributed by atoms with Gasteiger partial charge in [-0.1, -0.05) is 59.4 Å². The summed E-state index contributed by atoms with van der Waals surface area (Å²) in [4.78, 5) is 54.5. The maximum atomic E-state index is 12.4. The first-order valence-corrected chi connectivity index (χ1v) is 32.8. The molecule has 2 fully saturated rings. The SMILES string of the molecule is Cc1[nH]n2nc(CCCOc3ccc(NC(=O)OCOc4ccc(N5CCCCC5)cc4)cc3)nc2c1Cl.Cc1[nH]n2nc(CCNC(=O)COc3ccc(N4CCCCC4)cc3)nc2c1Cl.Cc1ccc(OC(C)C(=O)NCC(C)c2nc3c(Cl)c(C)[nH]n3n2)c(C)c1. The molecular formula is C66H80Cl3N17O8. The lowest BCUT2D eigenvalue weighted by Gasteiger charge is -2.28. The van der Waals surface area contributed by atoms with Gasteiger partial charge in [-0.25, -0.2) is 19.7 Å². The number of piperidine rings is 2. The summed E-state index contributed by atoms with van der Waals surface area (Å²) in [6.45, 7) is 18.8. The van der Waals surface area contributed by atoms with E-state index < -0.39 is 12.2 Å². The zero-order valence-corrected chi connectivity index (χ0v) is 56.1. The highest BCUT2D eigenvalue weighted by atomic mass is 35.5. The van der Waals surface area contributed by atoms with Crippen molar-refractivity contribution in [1.82, 2.24) is 70.1 Å². The lowest BCUT2D eigenvalue weighted by atomic mass is 10.1. The molecule has 2 aliphatic heterocycles. The van der Waals surface area contributed by atoms with Crippen LogP contribution in [0.3, 0.4) is 0 Å². The third-order valence-corrected chi connectivity index (χ3v) is 17.2. The van der Waals surface area contributed by atoms with Crippen molar-refractivity contribution >= 4 is 86.7 Å². The summed E-state index contributed by atoms with van der Waals surface area (Å²) in [6.07, 6.45) is 8.31. The van der Waals surface area contributed by atoms with Crippen LogP contribution >= 0.6 is 34.8 Å². The molecule has 6 N–H and O–H groups in total. The molecule has 6 aromatic heterocycles. The number of hydrogen-bond donors (Lipinski definition) is 6. The molecule has 12 rings (SSSR count). The summed E-state index contributed by atoms with van der Waals surface area (Å²) in [7, 11) is 0. The monoisotopic (exact) mass is 1340 g/mol. The van der Waals surface area contributed by atoms with Crippen molar-refractivity contribution in [3.63, 3.8) is 0 Å². The largest absolute Gasteiger partial charge is 0.494 e. The van der Waals surface area contributed by atoms with E-state index in [1.54, 1.807) is 45.1 Å². The average molecular weight is 1350 g/mol. The molecule has 2 saturated heterocycles. The fourth-order valence-corrected chi connectivity index (χ4v) is 11.1. The van der Waals surface area contributed by atoms with Gasteiger partial charge < -0.3 is 44.1 Å². The fourth-order valence-electron chi connectivity index (χ4n) is 10.6. The number of aryl methyl sites for hydroxylation is 6. The average Bonchev–Trinajstić information content (AvgIpc) is 1.67. The maximum absolute atomic E-state index is 12.4. The number of anilines is 3. The fraction of sp³-hybridized carbons (Fsp3) is 0.409. The highest BCUT2D eigenvalue weighted by Gasteiger charge is 2.22. The smallest absolute Gasteiger partial charge is 0.414 e. The third-order valence-electron chi connectivity index (χ3n) is 15.8. The highest BCUT2D eigenvalue weighted by Crippen LogP contribution is 2.27. The molecule has 25 nitrogen and oxygen atoms in total. The molecule has 94 heavy (non-hydrogen) atoms. The number of H-pyrrole nitrogens is 3. The first-order chi connectivity index (χ1) is 45.4. The van der Waals surface area contributed by atoms with Gasteiger partial charge in [0.2, 0.25) is 6.79 Å². The van der Waals surface area contributed by atoms with Gasteiger partial charge in [-0.2, -0.15) is 13.9 Å². The number of nitrogens with one attached hydrogen (secondary N) is 6. The van der Waals surface area contributed by atoms with Crippen molar-refractivity contribution in [2.45, 2.75) is 118 Å². The Morgan fingerprint density at radius 2 is 1.10 bits per heavy atom. The summed E-state index contributed by atoms with van der Waals surface area (Å²) in [5, 5.41) is 32.3. The van der Waals surface area contributed by atoms with E-state index in [0.717, 1.165) is 60.8 Å². The Kier molecular flexibility index (Phi) is 23.1. The molecule has 3 amide bonds. The van der Waals surface area contributed by atoms with Gasteiger partial charge in [-0.15, -0.1) is 15.3 Å². The summed E-state index contributed by atoms with van der Waals surface area (Å²) in [5.41, 5.74) is 9.46. The molecule has 4 aromatic carbocycles. The Bertz CT molecular complexity index is 4130. The van der Waals surface area contributed by atoms with Gasteiger partial charge in [-0.3, -0.25) is 30.2 Å². The van der Waals surface area contributed by atoms with Gasteiger partial charge in [0.25, 0.3) is 11.8 Å². The molecule has 2 aliphatic rings. The second-order valence-corrected chi connectivity index (χ2v) is 24.5. The number of benzene rings is 4. The van der Waals surface area contributed by atoms with Gasteiger partial charge in [-0.05, 0) is 171 Å². The molecular weight excluding hydrogens is 1270 g/mol. The van der Waals surface area contributed by atoms with Crippen LogP contribution < -0.4 is 44.7 Å². The number of ether oxygens (including phenoxy) is 5. The molecule has 0 saturated carbocycles. The Balaban J connectivity index is 0.000000157. The van der Waals surface area contributed by atoms with Crippen LogP contribution in [0, 0.1) is 34.6 Å². The van der Waals surface area contributed by atoms with E-state index in [1.165, 1.54) is 49.9 Å². The van der Waals surface area contributed by atoms with Crippen LogP contribution in [0.1, 0.15) is 110 Å². The molecule has 2 atom stereocenters. The predicted octanol–water partition coefficient (Wildman–Crippen LogP) is 11.7. The molecule has 2 unspecified atom stereocenters. The number of rotatable bonds is 23. The highest BCUT2D eigenvalue weighted by molar-refractivity contribution is 6.34. The van der Waals surface area contributed by atoms with Crippen molar-refractivity contribution in [1.29, 1.82) is 0 Å². The van der Waals surface area contributed by atoms with E-state index in [9.17, 15) is 14.4 Å². The van der Waals surface area contributed by atoms with Crippen molar-refractivity contribution in [3.8, 4) is 23.0 Å². The van der Waals surface area contributed by atoms with E-state index >= 15 is 0 Å². The van der Waals surface area contributed by atoms with Gasteiger partial charge in [0.05, 0.1) is 23.7 Å². The van der Waals surface area contributed by atoms with E-state index in [4.69, 9.17) is 58.5 Å². The van der Waals surface area contributed by atoms with E-state index in [-0.39, 0.29) is 31.1 Å². The van der Waals surface area contributed by atoms with Gasteiger partial charge >= 0.3 is 6.09 Å². The first kappa shape index (κ1) is 67.7. The van der Waals surface area contributed by atoms with Crippen LogP contribution in [0.4, 0.5) is 21.9 Å². The predicted molar refractivity (Wildman–Crippen MR) is 362 cm³/mol. The Hall–Kier alpha value is -9.20. The van der Waals surface area contributed by atoms with Crippen molar-refractivity contribution < 1.29 is 38.1 Å². The second kappa shape index (κ2) is 32.1. The summed E-state index contributed by atoms with van der Waals surface area (Å²) in [5.74, 6) is 4.28. The second-order valence-electron chi connectivity index (χ2n) is 23.3. The number of carbonyl (C=O) groups is 3. The number of carbonyl (C=O) groups excluding carboxylic acids is 3. The Morgan fingerprint density at radius 1 is 0.585 bits per heavy atom. The topological polar surface area (TPSA) is 278 Å². The van der Waals surface area contributed by atoms with Crippen LogP contribution in [0.5, 0.6) is 23.0 Å².